The summed E-state index contributed by atoms with van der Waals surface area (Å²) in [7, 11) is 1.73. The molecule has 0 radical (unpaired) electrons. The lowest BCUT2D eigenvalue weighted by atomic mass is 10.2. The number of aromatic nitrogens is 1. The number of hydrogen-bond donors (Lipinski definition) is 3. The molecule has 0 saturated carbocycles. The van der Waals surface area contributed by atoms with Crippen molar-refractivity contribution in [2.45, 2.75) is 39.7 Å². The molecule has 26 heavy (non-hydrogen) atoms. The monoisotopic (exact) mass is 373 g/mol. The highest BCUT2D eigenvalue weighted by atomic mass is 32.1. The fourth-order valence-corrected chi connectivity index (χ4v) is 3.44. The average molecular weight is 374 g/mol. The number of amides is 1. The lowest BCUT2D eigenvalue weighted by Crippen LogP contribution is -2.43. The van der Waals surface area contributed by atoms with Gasteiger partial charge in [0.2, 0.25) is 5.91 Å². The summed E-state index contributed by atoms with van der Waals surface area (Å²) in [5.41, 5.74) is 1.06. The van der Waals surface area contributed by atoms with E-state index in [1.807, 2.05) is 24.3 Å². The molecule has 0 aliphatic rings. The van der Waals surface area contributed by atoms with Gasteiger partial charge in [-0.15, -0.1) is 11.3 Å². The Morgan fingerprint density at radius 2 is 2.08 bits per heavy atom. The van der Waals surface area contributed by atoms with Gasteiger partial charge in [0.25, 0.3) is 0 Å². The maximum atomic E-state index is 12.0. The predicted molar refractivity (Wildman–Crippen MR) is 109 cm³/mol. The second kappa shape index (κ2) is 9.91. The van der Waals surface area contributed by atoms with E-state index >= 15 is 0 Å². The fourth-order valence-electron chi connectivity index (χ4n) is 2.42. The molecule has 2 heterocycles. The zero-order valence-corrected chi connectivity index (χ0v) is 16.6. The van der Waals surface area contributed by atoms with Crippen LogP contribution in [0.3, 0.4) is 0 Å². The van der Waals surface area contributed by atoms with Crippen molar-refractivity contribution in [3.8, 4) is 0 Å². The number of nitrogens with zero attached hydrogens (tertiary/aromatic N) is 2. The molecule has 0 aromatic carbocycles. The zero-order chi connectivity index (χ0) is 18.9. The number of pyridine rings is 1. The van der Waals surface area contributed by atoms with Gasteiger partial charge in [-0.2, -0.15) is 0 Å². The molecule has 2 aromatic rings. The summed E-state index contributed by atoms with van der Waals surface area (Å²) in [4.78, 5) is 23.0. The summed E-state index contributed by atoms with van der Waals surface area (Å²) >= 11 is 1.82. The second-order valence-corrected chi connectivity index (χ2v) is 7.65. The fraction of sp³-hybridized carbons (Fsp3) is 0.421. The van der Waals surface area contributed by atoms with Crippen LogP contribution in [0.4, 0.5) is 5.82 Å². The highest BCUT2D eigenvalue weighted by Crippen LogP contribution is 2.16. The third-order valence-electron chi connectivity index (χ3n) is 3.73. The summed E-state index contributed by atoms with van der Waals surface area (Å²) in [5.74, 6) is 1.20. The van der Waals surface area contributed by atoms with E-state index < -0.39 is 0 Å². The van der Waals surface area contributed by atoms with Gasteiger partial charge in [-0.25, -0.2) is 4.98 Å². The molecule has 140 valence electrons. The molecule has 3 N–H and O–H groups in total. The van der Waals surface area contributed by atoms with Crippen LogP contribution in [-0.4, -0.2) is 36.5 Å². The van der Waals surface area contributed by atoms with Crippen LogP contribution in [0.5, 0.6) is 0 Å². The molecule has 2 aromatic heterocycles. The predicted octanol–water partition coefficient (Wildman–Crippen LogP) is 2.88. The number of carbonyl (C=O) groups excluding carboxylic acids is 1. The highest BCUT2D eigenvalue weighted by Gasteiger charge is 2.09. The Labute approximate surface area is 159 Å². The summed E-state index contributed by atoms with van der Waals surface area (Å²) in [6.45, 7) is 6.70. The second-order valence-electron chi connectivity index (χ2n) is 6.28. The lowest BCUT2D eigenvalue weighted by molar-refractivity contribution is -0.116. The molecule has 6 nitrogen and oxygen atoms in total. The van der Waals surface area contributed by atoms with Crippen LogP contribution in [0.15, 0.2) is 35.5 Å². The van der Waals surface area contributed by atoms with E-state index in [9.17, 15) is 4.79 Å². The number of rotatable bonds is 7. The number of nitrogens with one attached hydrogen (secondary N) is 3. The van der Waals surface area contributed by atoms with Gasteiger partial charge in [-0.05, 0) is 44.5 Å². The average Bonchev–Trinajstić information content (AvgIpc) is 3.00. The van der Waals surface area contributed by atoms with E-state index in [2.05, 4.69) is 51.9 Å². The number of guanidine groups is 1. The zero-order valence-electron chi connectivity index (χ0n) is 15.8. The normalized spacial score (nSPS) is 12.5. The minimum absolute atomic E-state index is 0.0774. The molecule has 0 fully saturated rings. The first-order chi connectivity index (χ1) is 12.5. The van der Waals surface area contributed by atoms with Crippen molar-refractivity contribution in [2.24, 2.45) is 4.99 Å². The maximum Gasteiger partial charge on any atom is 0.227 e. The van der Waals surface area contributed by atoms with Gasteiger partial charge in [0.05, 0.1) is 0 Å². The maximum absolute atomic E-state index is 12.0. The lowest BCUT2D eigenvalue weighted by Gasteiger charge is -2.17. The van der Waals surface area contributed by atoms with Crippen LogP contribution in [-0.2, 0) is 11.2 Å². The van der Waals surface area contributed by atoms with Crippen molar-refractivity contribution in [3.63, 3.8) is 0 Å². The van der Waals surface area contributed by atoms with E-state index in [4.69, 9.17) is 0 Å². The van der Waals surface area contributed by atoms with Gasteiger partial charge < -0.3 is 16.0 Å². The Morgan fingerprint density at radius 3 is 2.69 bits per heavy atom. The van der Waals surface area contributed by atoms with E-state index in [1.165, 1.54) is 9.75 Å². The number of aliphatic imine (C=N–C) groups is 1. The van der Waals surface area contributed by atoms with Crippen molar-refractivity contribution >= 4 is 29.0 Å². The minimum atomic E-state index is -0.0774. The van der Waals surface area contributed by atoms with E-state index in [-0.39, 0.29) is 11.9 Å². The molecular weight excluding hydrogens is 346 g/mol. The first-order valence-corrected chi connectivity index (χ1v) is 9.53. The first-order valence-electron chi connectivity index (χ1n) is 8.71. The molecule has 0 spiro atoms. The van der Waals surface area contributed by atoms with Crippen LogP contribution < -0.4 is 16.0 Å². The molecule has 0 bridgehead atoms. The van der Waals surface area contributed by atoms with Crippen LogP contribution in [0.2, 0.25) is 0 Å². The van der Waals surface area contributed by atoms with E-state index in [1.54, 1.807) is 19.3 Å². The molecule has 2 rings (SSSR count). The number of aryl methyl sites for hydroxylation is 2. The Hall–Kier alpha value is -2.41. The Kier molecular flexibility index (Phi) is 7.59. The van der Waals surface area contributed by atoms with Gasteiger partial charge in [0.15, 0.2) is 5.96 Å². The van der Waals surface area contributed by atoms with Crippen molar-refractivity contribution in [3.05, 3.63) is 45.8 Å². The van der Waals surface area contributed by atoms with Crippen LogP contribution in [0, 0.1) is 13.8 Å². The van der Waals surface area contributed by atoms with Crippen LogP contribution in [0.1, 0.15) is 28.7 Å². The quantitative estimate of drug-likeness (QED) is 0.515. The Balaban J connectivity index is 1.70. The standard InChI is InChI=1S/C19H27N5OS/c1-13-5-8-17(22-12-13)24-18(25)9-10-21-19(20-4)23-14(2)11-16-7-6-15(3)26-16/h5-8,12,14H,9-11H2,1-4H3,(H2,20,21,23)(H,22,24,25). The molecule has 1 amide bonds. The topological polar surface area (TPSA) is 78.4 Å². The molecular formula is C19H27N5OS. The molecule has 7 heteroatoms. The van der Waals surface area contributed by atoms with Crippen molar-refractivity contribution < 1.29 is 4.79 Å². The van der Waals surface area contributed by atoms with Crippen molar-refractivity contribution in [1.82, 2.24) is 15.6 Å². The highest BCUT2D eigenvalue weighted by molar-refractivity contribution is 7.11. The summed E-state index contributed by atoms with van der Waals surface area (Å²) in [5, 5.41) is 9.32. The largest absolute Gasteiger partial charge is 0.356 e. The number of thiophene rings is 1. The van der Waals surface area contributed by atoms with Gasteiger partial charge in [0, 0.05) is 48.4 Å². The number of hydrogen-bond acceptors (Lipinski definition) is 4. The van der Waals surface area contributed by atoms with Crippen LogP contribution >= 0.6 is 11.3 Å². The van der Waals surface area contributed by atoms with E-state index in [0.717, 1.165) is 12.0 Å². The molecule has 0 saturated heterocycles. The summed E-state index contributed by atoms with van der Waals surface area (Å²) < 4.78 is 0. The van der Waals surface area contributed by atoms with Crippen molar-refractivity contribution in [1.29, 1.82) is 0 Å². The Bertz CT molecular complexity index is 739. The molecule has 0 aliphatic heterocycles. The van der Waals surface area contributed by atoms with Crippen LogP contribution in [0.25, 0.3) is 0 Å². The molecule has 1 unspecified atom stereocenters. The van der Waals surface area contributed by atoms with Crippen molar-refractivity contribution in [2.75, 3.05) is 18.9 Å². The number of carbonyl (C=O) groups is 1. The summed E-state index contributed by atoms with van der Waals surface area (Å²) in [6.07, 6.45) is 3.02. The van der Waals surface area contributed by atoms with E-state index in [0.29, 0.717) is 24.7 Å². The van der Waals surface area contributed by atoms with Gasteiger partial charge >= 0.3 is 0 Å². The Morgan fingerprint density at radius 1 is 1.27 bits per heavy atom. The smallest absolute Gasteiger partial charge is 0.227 e. The van der Waals surface area contributed by atoms with Gasteiger partial charge in [-0.1, -0.05) is 6.07 Å². The third-order valence-corrected chi connectivity index (χ3v) is 4.76. The number of anilines is 1. The SMILES string of the molecule is CN=C(NCCC(=O)Nc1ccc(C)cn1)NC(C)Cc1ccc(C)s1. The van der Waals surface area contributed by atoms with Gasteiger partial charge in [0.1, 0.15) is 5.82 Å². The summed E-state index contributed by atoms with van der Waals surface area (Å²) in [6, 6.07) is 8.28. The first kappa shape index (κ1) is 19.9. The molecule has 1 atom stereocenters. The molecule has 0 aliphatic carbocycles. The minimum Gasteiger partial charge on any atom is -0.356 e. The third kappa shape index (κ3) is 6.84. The van der Waals surface area contributed by atoms with Gasteiger partial charge in [-0.3, -0.25) is 9.79 Å².